The molecule has 48 valence electrons. The Morgan fingerprint density at radius 3 is 2.62 bits per heavy atom. The summed E-state index contributed by atoms with van der Waals surface area (Å²) in [5.74, 6) is 0.193. The number of ketones is 1. The zero-order valence-corrected chi connectivity index (χ0v) is 5.44. The Morgan fingerprint density at radius 1 is 1.62 bits per heavy atom. The smallest absolute Gasteiger partial charge is 0.132 e. The Morgan fingerprint density at radius 2 is 2.25 bits per heavy atom. The SMILES string of the molecule is C[13CH2]OCCC(C)=O. The van der Waals surface area contributed by atoms with Crippen molar-refractivity contribution in [2.75, 3.05) is 13.2 Å². The van der Waals surface area contributed by atoms with Gasteiger partial charge in [-0.25, -0.2) is 0 Å². The number of rotatable bonds is 4. The molecule has 0 radical (unpaired) electrons. The van der Waals surface area contributed by atoms with Crippen molar-refractivity contribution in [1.82, 2.24) is 0 Å². The van der Waals surface area contributed by atoms with E-state index >= 15 is 0 Å². The number of carbonyl (C=O) groups is 1. The van der Waals surface area contributed by atoms with Crippen molar-refractivity contribution >= 4 is 5.78 Å². The molecule has 0 fully saturated rings. The summed E-state index contributed by atoms with van der Waals surface area (Å²) >= 11 is 0. The van der Waals surface area contributed by atoms with Gasteiger partial charge < -0.3 is 4.74 Å². The summed E-state index contributed by atoms with van der Waals surface area (Å²) in [6.45, 7) is 4.76. The molecule has 2 nitrogen and oxygen atoms in total. The second-order valence-electron chi connectivity index (χ2n) is 1.65. The molecule has 0 atom stereocenters. The maximum Gasteiger partial charge on any atom is 0.132 e. The lowest BCUT2D eigenvalue weighted by molar-refractivity contribution is -0.118. The molecule has 0 aliphatic rings. The summed E-state index contributed by atoms with van der Waals surface area (Å²) in [5, 5.41) is 0. The number of hydrogen-bond donors (Lipinski definition) is 0. The van der Waals surface area contributed by atoms with Gasteiger partial charge in [0.2, 0.25) is 0 Å². The summed E-state index contributed by atoms with van der Waals surface area (Å²) in [6.07, 6.45) is 0.549. The van der Waals surface area contributed by atoms with E-state index in [4.69, 9.17) is 4.74 Å². The predicted octanol–water partition coefficient (Wildman–Crippen LogP) is 1.00. The van der Waals surface area contributed by atoms with Crippen LogP contribution in [0.1, 0.15) is 20.3 Å². The fraction of sp³-hybridized carbons (Fsp3) is 0.833. The third-order valence-corrected chi connectivity index (χ3v) is 0.803. The average molecular weight is 117 g/mol. The minimum atomic E-state index is 0.193. The zero-order chi connectivity index (χ0) is 6.41. The molecule has 2 heteroatoms. The molecule has 0 aromatic rings. The zero-order valence-electron chi connectivity index (χ0n) is 5.44. The highest BCUT2D eigenvalue weighted by molar-refractivity contribution is 5.75. The minimum absolute atomic E-state index is 0.193. The van der Waals surface area contributed by atoms with Crippen LogP contribution in [0.5, 0.6) is 0 Å². The predicted molar refractivity (Wildman–Crippen MR) is 31.8 cm³/mol. The average Bonchev–Trinajstić information content (AvgIpc) is 1.66. The first-order valence-corrected chi connectivity index (χ1v) is 2.84. The van der Waals surface area contributed by atoms with Gasteiger partial charge in [-0.15, -0.1) is 0 Å². The maximum atomic E-state index is 10.2. The third-order valence-electron chi connectivity index (χ3n) is 0.803. The van der Waals surface area contributed by atoms with Crippen LogP contribution < -0.4 is 0 Å². The van der Waals surface area contributed by atoms with E-state index in [2.05, 4.69) is 0 Å². The Hall–Kier alpha value is -0.370. The molecule has 0 spiro atoms. The summed E-state index contributed by atoms with van der Waals surface area (Å²) in [5.41, 5.74) is 0. The van der Waals surface area contributed by atoms with Crippen LogP contribution in [0.2, 0.25) is 0 Å². The van der Waals surface area contributed by atoms with E-state index in [9.17, 15) is 4.79 Å². The van der Waals surface area contributed by atoms with Crippen molar-refractivity contribution in [2.45, 2.75) is 20.3 Å². The monoisotopic (exact) mass is 117 g/mol. The fourth-order valence-electron chi connectivity index (χ4n) is 0.360. The van der Waals surface area contributed by atoms with Crippen LogP contribution in [0.3, 0.4) is 0 Å². The molecule has 0 aromatic carbocycles. The van der Waals surface area contributed by atoms with Crippen molar-refractivity contribution < 1.29 is 9.53 Å². The maximum absolute atomic E-state index is 10.2. The molecule has 0 unspecified atom stereocenters. The summed E-state index contributed by atoms with van der Waals surface area (Å²) in [6, 6.07) is 0. The lowest BCUT2D eigenvalue weighted by Gasteiger charge is -1.94. The first-order chi connectivity index (χ1) is 3.77. The van der Waals surface area contributed by atoms with Crippen molar-refractivity contribution in [3.63, 3.8) is 0 Å². The van der Waals surface area contributed by atoms with Crippen LogP contribution >= 0.6 is 0 Å². The third kappa shape index (κ3) is 5.63. The quantitative estimate of drug-likeness (QED) is 0.405. The molecule has 0 bridgehead atoms. The molecule has 0 rings (SSSR count). The van der Waals surface area contributed by atoms with Crippen LogP contribution in [0.25, 0.3) is 0 Å². The first-order valence-electron chi connectivity index (χ1n) is 2.84. The summed E-state index contributed by atoms with van der Waals surface area (Å²) in [7, 11) is 0. The van der Waals surface area contributed by atoms with Crippen LogP contribution in [0.4, 0.5) is 0 Å². The first kappa shape index (κ1) is 7.63. The molecule has 0 saturated heterocycles. The summed E-state index contributed by atoms with van der Waals surface area (Å²) in [4.78, 5) is 10.2. The Labute approximate surface area is 49.8 Å². The number of Topliss-reactive ketones (excluding diaryl/α,β-unsaturated/α-hetero) is 1. The van der Waals surface area contributed by atoms with Gasteiger partial charge in [-0.3, -0.25) is 4.79 Å². The van der Waals surface area contributed by atoms with Crippen LogP contribution in [0.15, 0.2) is 0 Å². The van der Waals surface area contributed by atoms with Gasteiger partial charge in [-0.2, -0.15) is 0 Å². The lowest BCUT2D eigenvalue weighted by Crippen LogP contribution is -1.98. The second kappa shape index (κ2) is 4.78. The van der Waals surface area contributed by atoms with Crippen LogP contribution in [0, 0.1) is 0 Å². The van der Waals surface area contributed by atoms with E-state index in [0.717, 1.165) is 0 Å². The van der Waals surface area contributed by atoms with Gasteiger partial charge in [0.05, 0.1) is 6.61 Å². The van der Waals surface area contributed by atoms with E-state index in [-0.39, 0.29) is 5.78 Å². The van der Waals surface area contributed by atoms with E-state index in [1.165, 1.54) is 0 Å². The minimum Gasteiger partial charge on any atom is -0.381 e. The van der Waals surface area contributed by atoms with Crippen LogP contribution in [-0.2, 0) is 9.53 Å². The molecular formula is C6H12O2. The fourth-order valence-corrected chi connectivity index (χ4v) is 0.360. The number of ether oxygens (including phenoxy) is 1. The van der Waals surface area contributed by atoms with Crippen LogP contribution in [-0.4, -0.2) is 19.0 Å². The molecule has 0 amide bonds. The highest BCUT2D eigenvalue weighted by Gasteiger charge is 1.89. The van der Waals surface area contributed by atoms with Gasteiger partial charge in [0.15, 0.2) is 0 Å². The van der Waals surface area contributed by atoms with Gasteiger partial charge in [-0.05, 0) is 13.8 Å². The lowest BCUT2D eigenvalue weighted by atomic mass is 10.3. The van der Waals surface area contributed by atoms with Crippen molar-refractivity contribution in [3.05, 3.63) is 0 Å². The largest absolute Gasteiger partial charge is 0.381 e. The number of hydrogen-bond acceptors (Lipinski definition) is 2. The van der Waals surface area contributed by atoms with Crippen molar-refractivity contribution in [3.8, 4) is 0 Å². The standard InChI is InChI=1S/C6H12O2/c1-3-8-5-4-6(2)7/h3-5H2,1-2H3/i3+1. The van der Waals surface area contributed by atoms with Gasteiger partial charge in [0, 0.05) is 13.0 Å². The molecule has 0 aliphatic heterocycles. The normalized spacial score (nSPS) is 9.25. The Bertz CT molecular complexity index is 68.9. The van der Waals surface area contributed by atoms with Gasteiger partial charge >= 0.3 is 0 Å². The van der Waals surface area contributed by atoms with E-state index < -0.39 is 0 Å². The molecule has 0 aliphatic carbocycles. The van der Waals surface area contributed by atoms with E-state index in [1.54, 1.807) is 6.92 Å². The summed E-state index contributed by atoms with van der Waals surface area (Å²) < 4.78 is 4.92. The molecule has 0 aromatic heterocycles. The molecule has 0 N–H and O–H groups in total. The molecule has 0 heterocycles. The highest BCUT2D eigenvalue weighted by Crippen LogP contribution is 1.82. The number of carbonyl (C=O) groups excluding carboxylic acids is 1. The van der Waals surface area contributed by atoms with Gasteiger partial charge in [0.1, 0.15) is 5.78 Å². The molecule has 0 saturated carbocycles. The van der Waals surface area contributed by atoms with Crippen molar-refractivity contribution in [1.29, 1.82) is 0 Å². The molecular weight excluding hydrogens is 105 g/mol. The Kier molecular flexibility index (Phi) is 4.56. The van der Waals surface area contributed by atoms with Crippen molar-refractivity contribution in [2.24, 2.45) is 0 Å². The van der Waals surface area contributed by atoms with Gasteiger partial charge in [0.25, 0.3) is 0 Å². The van der Waals surface area contributed by atoms with E-state index in [1.807, 2.05) is 6.92 Å². The molecule has 8 heavy (non-hydrogen) atoms. The topological polar surface area (TPSA) is 26.3 Å². The Balaban J connectivity index is 2.82. The van der Waals surface area contributed by atoms with E-state index in [0.29, 0.717) is 19.6 Å². The highest BCUT2D eigenvalue weighted by atomic mass is 16.5. The van der Waals surface area contributed by atoms with Gasteiger partial charge in [-0.1, -0.05) is 0 Å². The second-order valence-corrected chi connectivity index (χ2v) is 1.65.